The first-order chi connectivity index (χ1) is 15.1. The van der Waals surface area contributed by atoms with E-state index >= 15 is 0 Å². The second-order valence-electron chi connectivity index (χ2n) is 7.33. The van der Waals surface area contributed by atoms with Crippen molar-refractivity contribution in [3.05, 3.63) is 59.2 Å². The highest BCUT2D eigenvalue weighted by molar-refractivity contribution is 6.12. The van der Waals surface area contributed by atoms with Gasteiger partial charge in [-0.25, -0.2) is 4.79 Å². The maximum atomic E-state index is 13.2. The van der Waals surface area contributed by atoms with Gasteiger partial charge >= 0.3 is 5.97 Å². The first-order valence-corrected chi connectivity index (χ1v) is 9.84. The second kappa shape index (κ2) is 8.88. The van der Waals surface area contributed by atoms with Crippen molar-refractivity contribution in [1.29, 1.82) is 5.41 Å². The molecule has 3 amide bonds. The van der Waals surface area contributed by atoms with E-state index in [-0.39, 0.29) is 24.4 Å². The number of anilines is 2. The van der Waals surface area contributed by atoms with Gasteiger partial charge in [-0.3, -0.25) is 19.8 Å². The first-order valence-electron chi connectivity index (χ1n) is 9.84. The van der Waals surface area contributed by atoms with E-state index in [2.05, 4.69) is 5.32 Å². The predicted molar refractivity (Wildman–Crippen MR) is 118 cm³/mol. The minimum atomic E-state index is -1.20. The van der Waals surface area contributed by atoms with Crippen LogP contribution in [-0.2, 0) is 9.59 Å². The molecule has 166 valence electrons. The number of carboxylic acids is 1. The summed E-state index contributed by atoms with van der Waals surface area (Å²) in [6.45, 7) is 1.26. The monoisotopic (exact) mass is 437 g/mol. The molecule has 0 saturated heterocycles. The summed E-state index contributed by atoms with van der Waals surface area (Å²) in [5.74, 6) is -2.78. The lowest BCUT2D eigenvalue weighted by molar-refractivity contribution is -0.142. The molecule has 2 aromatic carbocycles. The third kappa shape index (κ3) is 4.29. The Kier molecular flexibility index (Phi) is 6.24. The molecule has 1 aliphatic heterocycles. The van der Waals surface area contributed by atoms with Crippen LogP contribution < -0.4 is 16.0 Å². The number of fused-ring (bicyclic) bond motifs is 1. The van der Waals surface area contributed by atoms with Gasteiger partial charge in [0.25, 0.3) is 11.8 Å². The SMILES string of the molecule is CCC(C(=O)O)N1CC(=O)N(C)c2ccc(NC(=O)c3ccc(C(=N)N)cc3)cc2C1=O. The fourth-order valence-corrected chi connectivity index (χ4v) is 3.47. The summed E-state index contributed by atoms with van der Waals surface area (Å²) >= 11 is 0. The molecule has 2 aromatic rings. The number of nitrogens with zero attached hydrogens (tertiary/aromatic N) is 2. The number of hydrogen-bond acceptors (Lipinski definition) is 5. The normalized spacial score (nSPS) is 14.4. The minimum Gasteiger partial charge on any atom is -0.480 e. The molecule has 0 aliphatic carbocycles. The lowest BCUT2D eigenvalue weighted by atomic mass is 10.1. The zero-order chi connectivity index (χ0) is 23.6. The van der Waals surface area contributed by atoms with Crippen LogP contribution in [0, 0.1) is 5.41 Å². The summed E-state index contributed by atoms with van der Waals surface area (Å²) in [7, 11) is 1.51. The van der Waals surface area contributed by atoms with Crippen LogP contribution in [0.15, 0.2) is 42.5 Å². The maximum Gasteiger partial charge on any atom is 0.326 e. The molecular formula is C22H23N5O5. The van der Waals surface area contributed by atoms with Gasteiger partial charge in [0.05, 0.1) is 11.3 Å². The second-order valence-corrected chi connectivity index (χ2v) is 7.33. The van der Waals surface area contributed by atoms with Gasteiger partial charge in [0.2, 0.25) is 5.91 Å². The number of nitrogen functional groups attached to an aromatic ring is 1. The molecule has 0 fully saturated rings. The number of nitrogens with two attached hydrogens (primary N) is 1. The van der Waals surface area contributed by atoms with Crippen LogP contribution in [0.1, 0.15) is 39.6 Å². The summed E-state index contributed by atoms with van der Waals surface area (Å²) in [6.07, 6.45) is 0.139. The number of hydrogen-bond donors (Lipinski definition) is 4. The molecule has 1 unspecified atom stereocenters. The summed E-state index contributed by atoms with van der Waals surface area (Å²) in [5, 5.41) is 19.6. The fraction of sp³-hybridized carbons (Fsp3) is 0.227. The number of carbonyl (C=O) groups excluding carboxylic acids is 3. The van der Waals surface area contributed by atoms with E-state index in [1.54, 1.807) is 25.1 Å². The maximum absolute atomic E-state index is 13.2. The summed E-state index contributed by atoms with van der Waals surface area (Å²) < 4.78 is 0. The van der Waals surface area contributed by atoms with Crippen LogP contribution in [0.3, 0.4) is 0 Å². The van der Waals surface area contributed by atoms with Gasteiger partial charge in [0.1, 0.15) is 18.4 Å². The summed E-state index contributed by atoms with van der Waals surface area (Å²) in [4.78, 5) is 52.3. The molecule has 0 saturated carbocycles. The molecule has 0 aromatic heterocycles. The fourth-order valence-electron chi connectivity index (χ4n) is 3.47. The average Bonchev–Trinajstić information content (AvgIpc) is 2.85. The number of carboxylic acid groups (broad SMARTS) is 1. The Morgan fingerprint density at radius 1 is 1.16 bits per heavy atom. The number of carbonyl (C=O) groups is 4. The number of likely N-dealkylation sites (N-methyl/N-ethyl adjacent to an activating group) is 1. The van der Waals surface area contributed by atoms with E-state index in [0.717, 1.165) is 4.90 Å². The van der Waals surface area contributed by atoms with Crippen molar-refractivity contribution in [3.8, 4) is 0 Å². The van der Waals surface area contributed by atoms with Crippen molar-refractivity contribution < 1.29 is 24.3 Å². The van der Waals surface area contributed by atoms with Gasteiger partial charge in [-0.1, -0.05) is 19.1 Å². The zero-order valence-electron chi connectivity index (χ0n) is 17.6. The molecule has 5 N–H and O–H groups in total. The number of amidine groups is 1. The average molecular weight is 437 g/mol. The number of benzene rings is 2. The molecule has 1 atom stereocenters. The predicted octanol–water partition coefficient (Wildman–Crippen LogP) is 1.50. The standard InChI is InChI=1S/C22H23N5O5/c1-3-16(22(31)32)27-11-18(28)26(2)17-9-8-14(10-15(17)21(27)30)25-20(29)13-6-4-12(5-7-13)19(23)24/h4-10,16H,3,11H2,1-2H3,(H3,23,24)(H,25,29)(H,31,32). The highest BCUT2D eigenvalue weighted by atomic mass is 16.4. The van der Waals surface area contributed by atoms with Crippen LogP contribution in [0.4, 0.5) is 11.4 Å². The van der Waals surface area contributed by atoms with Crippen molar-refractivity contribution in [3.63, 3.8) is 0 Å². The van der Waals surface area contributed by atoms with E-state index in [0.29, 0.717) is 22.5 Å². The Bertz CT molecular complexity index is 1110. The van der Waals surface area contributed by atoms with Gasteiger partial charge in [0.15, 0.2) is 0 Å². The van der Waals surface area contributed by atoms with E-state index < -0.39 is 29.7 Å². The van der Waals surface area contributed by atoms with Crippen molar-refractivity contribution in [2.75, 3.05) is 23.8 Å². The van der Waals surface area contributed by atoms with Gasteiger partial charge < -0.3 is 26.0 Å². The van der Waals surface area contributed by atoms with Crippen molar-refractivity contribution in [2.45, 2.75) is 19.4 Å². The van der Waals surface area contributed by atoms with Crippen molar-refractivity contribution in [2.24, 2.45) is 5.73 Å². The molecule has 0 radical (unpaired) electrons. The third-order valence-corrected chi connectivity index (χ3v) is 5.29. The summed E-state index contributed by atoms with van der Waals surface area (Å²) in [6, 6.07) is 9.51. The van der Waals surface area contributed by atoms with Crippen molar-refractivity contribution in [1.82, 2.24) is 4.90 Å². The van der Waals surface area contributed by atoms with Crippen LogP contribution in [0.2, 0.25) is 0 Å². The Morgan fingerprint density at radius 3 is 2.34 bits per heavy atom. The molecule has 1 aliphatic rings. The third-order valence-electron chi connectivity index (χ3n) is 5.29. The molecule has 1 heterocycles. The number of amides is 3. The quantitative estimate of drug-likeness (QED) is 0.396. The first kappa shape index (κ1) is 22.5. The Morgan fingerprint density at radius 2 is 1.78 bits per heavy atom. The van der Waals surface area contributed by atoms with Crippen LogP contribution in [0.5, 0.6) is 0 Å². The largest absolute Gasteiger partial charge is 0.480 e. The Labute approximate surface area is 184 Å². The smallest absolute Gasteiger partial charge is 0.326 e. The Hall–Kier alpha value is -4.21. The molecule has 32 heavy (non-hydrogen) atoms. The lowest BCUT2D eigenvalue weighted by Gasteiger charge is -2.26. The molecule has 0 spiro atoms. The number of rotatable bonds is 6. The van der Waals surface area contributed by atoms with Crippen molar-refractivity contribution >= 4 is 40.9 Å². The van der Waals surface area contributed by atoms with Crippen LogP contribution in [0.25, 0.3) is 0 Å². The van der Waals surface area contributed by atoms with Crippen LogP contribution >= 0.6 is 0 Å². The molecule has 10 heteroatoms. The highest BCUT2D eigenvalue weighted by Crippen LogP contribution is 2.29. The van der Waals surface area contributed by atoms with E-state index in [1.165, 1.54) is 36.2 Å². The van der Waals surface area contributed by atoms with Gasteiger partial charge in [-0.15, -0.1) is 0 Å². The van der Waals surface area contributed by atoms with Crippen LogP contribution in [-0.4, -0.2) is 59.2 Å². The Balaban J connectivity index is 1.93. The van der Waals surface area contributed by atoms with E-state index in [4.69, 9.17) is 11.1 Å². The minimum absolute atomic E-state index is 0.114. The highest BCUT2D eigenvalue weighted by Gasteiger charge is 2.36. The van der Waals surface area contributed by atoms with Gasteiger partial charge in [-0.2, -0.15) is 0 Å². The number of aliphatic carboxylic acids is 1. The molecule has 0 bridgehead atoms. The molecule has 10 nitrogen and oxygen atoms in total. The van der Waals surface area contributed by atoms with E-state index in [9.17, 15) is 24.3 Å². The lowest BCUT2D eigenvalue weighted by Crippen LogP contribution is -2.47. The van der Waals surface area contributed by atoms with E-state index in [1.807, 2.05) is 0 Å². The topological polar surface area (TPSA) is 157 Å². The van der Waals surface area contributed by atoms with Gasteiger partial charge in [0, 0.05) is 23.9 Å². The number of nitrogens with one attached hydrogen (secondary N) is 2. The molecule has 3 rings (SSSR count). The van der Waals surface area contributed by atoms with Gasteiger partial charge in [-0.05, 0) is 36.8 Å². The zero-order valence-corrected chi connectivity index (χ0v) is 17.6. The summed E-state index contributed by atoms with van der Waals surface area (Å²) in [5.41, 5.74) is 6.97. The molecular weight excluding hydrogens is 414 g/mol.